The Labute approximate surface area is 193 Å². The molecule has 8 nitrogen and oxygen atoms in total. The number of sulfonamides is 1. The topological polar surface area (TPSA) is 111 Å². The van der Waals surface area contributed by atoms with Crippen LogP contribution in [0.25, 0.3) is 0 Å². The molecule has 2 aromatic rings. The zero-order valence-corrected chi connectivity index (χ0v) is 19.1. The molecule has 0 bridgehead atoms. The number of carbonyl (C=O) groups excluding carboxylic acids is 1. The monoisotopic (exact) mass is 467 g/mol. The fourth-order valence-electron chi connectivity index (χ4n) is 5.33. The first-order valence-corrected chi connectivity index (χ1v) is 12.5. The molecule has 0 amide bonds. The summed E-state index contributed by atoms with van der Waals surface area (Å²) in [6.45, 7) is 4.18. The average Bonchev–Trinajstić information content (AvgIpc) is 3.50. The number of rotatable bonds is 5. The van der Waals surface area contributed by atoms with Crippen LogP contribution in [0.15, 0.2) is 41.3 Å². The Kier molecular flexibility index (Phi) is 5.49. The highest BCUT2D eigenvalue weighted by molar-refractivity contribution is 7.89. The number of cyclic esters (lactones) is 1. The van der Waals surface area contributed by atoms with E-state index >= 15 is 0 Å². The van der Waals surface area contributed by atoms with Crippen molar-refractivity contribution in [3.63, 3.8) is 0 Å². The molecule has 0 aliphatic carbocycles. The van der Waals surface area contributed by atoms with Crippen molar-refractivity contribution >= 4 is 16.0 Å². The normalized spacial score (nSPS) is 23.7. The van der Waals surface area contributed by atoms with Crippen LogP contribution < -0.4 is 0 Å². The molecule has 1 N–H and O–H groups in total. The van der Waals surface area contributed by atoms with Gasteiger partial charge in [-0.25, -0.2) is 13.2 Å². The summed E-state index contributed by atoms with van der Waals surface area (Å²) >= 11 is 0. The number of likely N-dealkylation sites (tertiary alicyclic amines) is 1. The number of nitriles is 1. The molecule has 3 aliphatic heterocycles. The minimum absolute atomic E-state index is 0.0486. The molecule has 3 atom stereocenters. The summed E-state index contributed by atoms with van der Waals surface area (Å²) in [6, 6.07) is 11.5. The fraction of sp³-hybridized carbons (Fsp3) is 0.417. The highest BCUT2D eigenvalue weighted by Gasteiger charge is 2.45. The molecule has 3 heterocycles. The standard InChI is InChI=1S/C24H25N3O5S/c1-15-19(6-7-20-21(15)14-32-24(20)29)23(28)13-26-9-8-17-11-27(12-22(17)26)33(30,31)18-4-2-16(10-25)3-5-18/h2-7,17,22-23,28H,8-9,11-14H2,1H3/t17?,22?,23-/m1/s1. The van der Waals surface area contributed by atoms with E-state index in [0.29, 0.717) is 30.8 Å². The third-order valence-electron chi connectivity index (χ3n) is 7.22. The Bertz CT molecular complexity index is 1250. The van der Waals surface area contributed by atoms with E-state index in [1.54, 1.807) is 12.1 Å². The summed E-state index contributed by atoms with van der Waals surface area (Å²) in [5.41, 5.74) is 3.46. The molecule has 2 aromatic carbocycles. The Balaban J connectivity index is 1.30. The number of carbonyl (C=O) groups is 1. The summed E-state index contributed by atoms with van der Waals surface area (Å²) in [5, 5.41) is 20.0. The third-order valence-corrected chi connectivity index (χ3v) is 9.07. The van der Waals surface area contributed by atoms with Gasteiger partial charge in [-0.3, -0.25) is 4.90 Å². The third kappa shape index (κ3) is 3.73. The van der Waals surface area contributed by atoms with Crippen LogP contribution in [0.2, 0.25) is 0 Å². The van der Waals surface area contributed by atoms with Crippen LogP contribution in [0, 0.1) is 24.2 Å². The van der Waals surface area contributed by atoms with Crippen molar-refractivity contribution in [3.8, 4) is 6.07 Å². The van der Waals surface area contributed by atoms with Gasteiger partial charge in [0.05, 0.1) is 28.2 Å². The lowest BCUT2D eigenvalue weighted by atomic mass is 9.95. The van der Waals surface area contributed by atoms with Crippen LogP contribution in [-0.2, 0) is 21.4 Å². The summed E-state index contributed by atoms with van der Waals surface area (Å²) in [4.78, 5) is 14.2. The maximum atomic E-state index is 13.1. The van der Waals surface area contributed by atoms with E-state index in [9.17, 15) is 18.3 Å². The number of ether oxygens (including phenoxy) is 1. The Morgan fingerprint density at radius 1 is 1.21 bits per heavy atom. The van der Waals surface area contributed by atoms with Crippen molar-refractivity contribution in [1.82, 2.24) is 9.21 Å². The van der Waals surface area contributed by atoms with Crippen LogP contribution in [0.1, 0.15) is 45.1 Å². The molecule has 0 spiro atoms. The first-order valence-electron chi connectivity index (χ1n) is 11.0. The van der Waals surface area contributed by atoms with Gasteiger partial charge < -0.3 is 9.84 Å². The highest BCUT2D eigenvalue weighted by Crippen LogP contribution is 2.36. The van der Waals surface area contributed by atoms with Gasteiger partial charge in [-0.2, -0.15) is 9.57 Å². The largest absolute Gasteiger partial charge is 0.457 e. The summed E-state index contributed by atoms with van der Waals surface area (Å²) in [7, 11) is -3.64. The Morgan fingerprint density at radius 2 is 1.97 bits per heavy atom. The van der Waals surface area contributed by atoms with Gasteiger partial charge in [0.1, 0.15) is 6.61 Å². The van der Waals surface area contributed by atoms with E-state index in [4.69, 9.17) is 10.00 Å². The van der Waals surface area contributed by atoms with Crippen molar-refractivity contribution in [2.45, 2.75) is 37.0 Å². The minimum Gasteiger partial charge on any atom is -0.457 e. The highest BCUT2D eigenvalue weighted by atomic mass is 32.2. The van der Waals surface area contributed by atoms with E-state index in [2.05, 4.69) is 4.90 Å². The predicted octanol–water partition coefficient (Wildman–Crippen LogP) is 1.97. The van der Waals surface area contributed by atoms with Crippen molar-refractivity contribution in [2.24, 2.45) is 5.92 Å². The van der Waals surface area contributed by atoms with Gasteiger partial charge in [0, 0.05) is 31.2 Å². The molecule has 172 valence electrons. The molecular formula is C24H25N3O5S. The average molecular weight is 468 g/mol. The maximum Gasteiger partial charge on any atom is 0.338 e. The maximum absolute atomic E-state index is 13.1. The zero-order chi connectivity index (χ0) is 23.3. The van der Waals surface area contributed by atoms with Gasteiger partial charge in [-0.15, -0.1) is 0 Å². The molecule has 3 aliphatic rings. The molecule has 2 unspecified atom stereocenters. The van der Waals surface area contributed by atoms with Crippen molar-refractivity contribution < 1.29 is 23.1 Å². The quantitative estimate of drug-likeness (QED) is 0.669. The number of benzene rings is 2. The molecule has 33 heavy (non-hydrogen) atoms. The van der Waals surface area contributed by atoms with Crippen molar-refractivity contribution in [2.75, 3.05) is 26.2 Å². The van der Waals surface area contributed by atoms with Crippen LogP contribution >= 0.6 is 0 Å². The molecule has 5 rings (SSSR count). The smallest absolute Gasteiger partial charge is 0.338 e. The van der Waals surface area contributed by atoms with Gasteiger partial charge >= 0.3 is 5.97 Å². The predicted molar refractivity (Wildman–Crippen MR) is 119 cm³/mol. The second-order valence-corrected chi connectivity index (χ2v) is 10.9. The van der Waals surface area contributed by atoms with Crippen LogP contribution in [0.5, 0.6) is 0 Å². The lowest BCUT2D eigenvalue weighted by Gasteiger charge is -2.27. The van der Waals surface area contributed by atoms with Crippen LogP contribution in [-0.4, -0.2) is 60.9 Å². The second-order valence-electron chi connectivity index (χ2n) is 8.97. The van der Waals surface area contributed by atoms with Crippen molar-refractivity contribution in [1.29, 1.82) is 5.26 Å². The zero-order valence-electron chi connectivity index (χ0n) is 18.3. The molecule has 2 saturated heterocycles. The molecule has 2 fully saturated rings. The van der Waals surface area contributed by atoms with E-state index in [1.165, 1.54) is 28.6 Å². The first-order chi connectivity index (χ1) is 15.8. The molecule has 9 heteroatoms. The first kappa shape index (κ1) is 22.0. The minimum atomic E-state index is -3.64. The number of fused-ring (bicyclic) bond motifs is 2. The van der Waals surface area contributed by atoms with Gasteiger partial charge in [-0.1, -0.05) is 6.07 Å². The van der Waals surface area contributed by atoms with E-state index in [-0.39, 0.29) is 29.4 Å². The molecular weight excluding hydrogens is 442 g/mol. The number of β-amino-alcohol motifs (C(OH)–C–C–N with tert-alkyl or cyclic N) is 1. The fourth-order valence-corrected chi connectivity index (χ4v) is 6.85. The second kappa shape index (κ2) is 8.22. The van der Waals surface area contributed by atoms with Gasteiger partial charge in [-0.05, 0) is 67.3 Å². The van der Waals surface area contributed by atoms with Gasteiger partial charge in [0.15, 0.2) is 0 Å². The van der Waals surface area contributed by atoms with Gasteiger partial charge in [0.2, 0.25) is 10.0 Å². The van der Waals surface area contributed by atoms with Crippen LogP contribution in [0.3, 0.4) is 0 Å². The molecule has 0 aromatic heterocycles. The summed E-state index contributed by atoms with van der Waals surface area (Å²) in [6.07, 6.45) is 0.136. The Hall–Kier alpha value is -2.77. The Morgan fingerprint density at radius 3 is 2.70 bits per heavy atom. The van der Waals surface area contributed by atoms with Gasteiger partial charge in [0.25, 0.3) is 0 Å². The lowest BCUT2D eigenvalue weighted by molar-refractivity contribution is 0.0535. The number of hydrogen-bond donors (Lipinski definition) is 1. The number of hydrogen-bond acceptors (Lipinski definition) is 7. The van der Waals surface area contributed by atoms with Crippen LogP contribution in [0.4, 0.5) is 0 Å². The number of esters is 1. The van der Waals surface area contributed by atoms with E-state index < -0.39 is 16.1 Å². The van der Waals surface area contributed by atoms with Crippen molar-refractivity contribution in [3.05, 3.63) is 64.2 Å². The lowest BCUT2D eigenvalue weighted by Crippen LogP contribution is -2.39. The van der Waals surface area contributed by atoms with E-state index in [1.807, 2.05) is 13.0 Å². The molecule has 0 radical (unpaired) electrons. The molecule has 0 saturated carbocycles. The number of aliphatic hydroxyl groups is 1. The number of aliphatic hydroxyl groups excluding tert-OH is 1. The number of nitrogens with zero attached hydrogens (tertiary/aromatic N) is 3. The SMILES string of the molecule is Cc1c([C@H](O)CN2CCC3CN(S(=O)(=O)c4ccc(C#N)cc4)CC32)ccc2c1COC2=O. The summed E-state index contributed by atoms with van der Waals surface area (Å²) < 4.78 is 32.9. The van der Waals surface area contributed by atoms with E-state index in [0.717, 1.165) is 29.7 Å². The summed E-state index contributed by atoms with van der Waals surface area (Å²) in [5.74, 6) is -0.108.